The van der Waals surface area contributed by atoms with E-state index in [1.807, 2.05) is 6.07 Å². The van der Waals surface area contributed by atoms with Crippen molar-refractivity contribution >= 4 is 22.9 Å². The van der Waals surface area contributed by atoms with Crippen LogP contribution >= 0.6 is 0 Å². The number of fused-ring (bicyclic) bond motifs is 1. The summed E-state index contributed by atoms with van der Waals surface area (Å²) in [5, 5.41) is 7.35. The molecule has 1 spiro atoms. The van der Waals surface area contributed by atoms with E-state index in [0.29, 0.717) is 0 Å². The second kappa shape index (κ2) is 7.00. The Morgan fingerprint density at radius 3 is 2.54 bits per heavy atom. The third kappa shape index (κ3) is 3.27. The standard InChI is InChI=1S/C21H26N4O/c1-25(2)17-9-7-16(8-10-17)15-22-20-21(11-13-26-14-12-21)24-19-6-4-3-5-18(19)23-20/h3-10,24H,11-15H2,1-2H3,(H,22,23). The fraction of sp³-hybridized carbons (Fsp3) is 0.381. The maximum atomic E-state index is 5.60. The summed E-state index contributed by atoms with van der Waals surface area (Å²) in [6, 6.07) is 16.9. The van der Waals surface area contributed by atoms with Crippen molar-refractivity contribution < 1.29 is 4.74 Å². The molecule has 0 unspecified atom stereocenters. The Morgan fingerprint density at radius 1 is 1.08 bits per heavy atom. The average molecular weight is 350 g/mol. The molecule has 0 radical (unpaired) electrons. The van der Waals surface area contributed by atoms with Crippen molar-refractivity contribution in [3.8, 4) is 0 Å². The van der Waals surface area contributed by atoms with E-state index in [0.717, 1.165) is 49.8 Å². The Bertz CT molecular complexity index is 792. The van der Waals surface area contributed by atoms with Crippen LogP contribution in [0.3, 0.4) is 0 Å². The van der Waals surface area contributed by atoms with E-state index in [1.165, 1.54) is 11.3 Å². The van der Waals surface area contributed by atoms with Gasteiger partial charge in [-0.1, -0.05) is 24.3 Å². The Hall–Kier alpha value is -2.53. The zero-order valence-corrected chi connectivity index (χ0v) is 15.5. The molecule has 0 aromatic heterocycles. The van der Waals surface area contributed by atoms with Gasteiger partial charge in [-0.05, 0) is 29.8 Å². The maximum Gasteiger partial charge on any atom is 0.129 e. The molecular weight excluding hydrogens is 324 g/mol. The summed E-state index contributed by atoms with van der Waals surface area (Å²) >= 11 is 0. The molecule has 1 saturated heterocycles. The van der Waals surface area contributed by atoms with E-state index in [1.54, 1.807) is 0 Å². The first-order chi connectivity index (χ1) is 12.7. The lowest BCUT2D eigenvalue weighted by Crippen LogP contribution is -2.56. The summed E-state index contributed by atoms with van der Waals surface area (Å²) < 4.78 is 5.60. The fourth-order valence-electron chi connectivity index (χ4n) is 3.61. The molecule has 5 heteroatoms. The number of benzene rings is 2. The van der Waals surface area contributed by atoms with Gasteiger partial charge in [0.05, 0.1) is 16.9 Å². The normalized spacial score (nSPS) is 17.8. The molecule has 2 aromatic rings. The number of hydrogen-bond acceptors (Lipinski definition) is 5. The number of nitrogens with zero attached hydrogens (tertiary/aromatic N) is 2. The number of ether oxygens (including phenoxy) is 1. The van der Waals surface area contributed by atoms with Crippen LogP contribution in [0, 0.1) is 0 Å². The van der Waals surface area contributed by atoms with Gasteiger partial charge in [-0.15, -0.1) is 0 Å². The van der Waals surface area contributed by atoms with Gasteiger partial charge in [0.2, 0.25) is 0 Å². The van der Waals surface area contributed by atoms with Crippen molar-refractivity contribution in [3.63, 3.8) is 0 Å². The first-order valence-electron chi connectivity index (χ1n) is 9.21. The van der Waals surface area contributed by atoms with Gasteiger partial charge in [0, 0.05) is 52.4 Å². The Kier molecular flexibility index (Phi) is 4.55. The van der Waals surface area contributed by atoms with Gasteiger partial charge in [-0.2, -0.15) is 0 Å². The molecule has 26 heavy (non-hydrogen) atoms. The lowest BCUT2D eigenvalue weighted by molar-refractivity contribution is 0.0771. The first-order valence-corrected chi connectivity index (χ1v) is 9.21. The number of anilines is 2. The molecular formula is C21H26N4O. The smallest absolute Gasteiger partial charge is 0.129 e. The number of para-hydroxylation sites is 2. The van der Waals surface area contributed by atoms with Crippen LogP contribution in [-0.4, -0.2) is 38.7 Å². The number of aliphatic imine (C=N–C) groups is 1. The molecule has 2 heterocycles. The third-order valence-corrected chi connectivity index (χ3v) is 5.22. The van der Waals surface area contributed by atoms with E-state index < -0.39 is 0 Å². The highest BCUT2D eigenvalue weighted by molar-refractivity contribution is 6.00. The molecule has 4 rings (SSSR count). The van der Waals surface area contributed by atoms with Gasteiger partial charge in [0.15, 0.2) is 0 Å². The lowest BCUT2D eigenvalue weighted by Gasteiger charge is -2.42. The van der Waals surface area contributed by atoms with Crippen LogP contribution in [-0.2, 0) is 11.3 Å². The Morgan fingerprint density at radius 2 is 1.81 bits per heavy atom. The molecule has 2 aliphatic heterocycles. The summed E-state index contributed by atoms with van der Waals surface area (Å²) in [5.41, 5.74) is 4.40. The molecule has 0 amide bonds. The fourth-order valence-corrected chi connectivity index (χ4v) is 3.61. The van der Waals surface area contributed by atoms with Gasteiger partial charge in [0.1, 0.15) is 5.84 Å². The van der Waals surface area contributed by atoms with Gasteiger partial charge in [0.25, 0.3) is 0 Å². The molecule has 0 aliphatic carbocycles. The quantitative estimate of drug-likeness (QED) is 0.889. The predicted octanol–water partition coefficient (Wildman–Crippen LogP) is 3.55. The van der Waals surface area contributed by atoms with E-state index in [9.17, 15) is 0 Å². The van der Waals surface area contributed by atoms with Crippen LogP contribution in [0.1, 0.15) is 18.4 Å². The first kappa shape index (κ1) is 16.9. The van der Waals surface area contributed by atoms with E-state index in [-0.39, 0.29) is 5.54 Å². The summed E-state index contributed by atoms with van der Waals surface area (Å²) in [6.45, 7) is 2.28. The molecule has 2 aromatic carbocycles. The molecule has 0 atom stereocenters. The van der Waals surface area contributed by atoms with E-state index >= 15 is 0 Å². The van der Waals surface area contributed by atoms with Crippen LogP contribution in [0.25, 0.3) is 0 Å². The second-order valence-corrected chi connectivity index (χ2v) is 7.21. The SMILES string of the molecule is CN(C)c1ccc(CNC2=Nc3ccccc3NC23CCOCC3)cc1. The highest BCUT2D eigenvalue weighted by Gasteiger charge is 2.40. The molecule has 136 valence electrons. The topological polar surface area (TPSA) is 48.9 Å². The summed E-state index contributed by atoms with van der Waals surface area (Å²) in [4.78, 5) is 7.07. The monoisotopic (exact) mass is 350 g/mol. The van der Waals surface area contributed by atoms with E-state index in [4.69, 9.17) is 9.73 Å². The van der Waals surface area contributed by atoms with Gasteiger partial charge in [-0.3, -0.25) is 0 Å². The summed E-state index contributed by atoms with van der Waals surface area (Å²) in [6.07, 6.45) is 1.85. The molecule has 5 nitrogen and oxygen atoms in total. The lowest BCUT2D eigenvalue weighted by atomic mass is 9.86. The summed E-state index contributed by atoms with van der Waals surface area (Å²) in [7, 11) is 4.12. The zero-order chi connectivity index (χ0) is 18.0. The highest BCUT2D eigenvalue weighted by Crippen LogP contribution is 2.37. The van der Waals surface area contributed by atoms with Gasteiger partial charge < -0.3 is 20.3 Å². The number of rotatable bonds is 3. The number of amidine groups is 1. The zero-order valence-electron chi connectivity index (χ0n) is 15.5. The summed E-state index contributed by atoms with van der Waals surface area (Å²) in [5.74, 6) is 1.02. The minimum absolute atomic E-state index is 0.157. The predicted molar refractivity (Wildman–Crippen MR) is 108 cm³/mol. The van der Waals surface area contributed by atoms with Crippen molar-refractivity contribution in [1.29, 1.82) is 0 Å². The van der Waals surface area contributed by atoms with Crippen molar-refractivity contribution in [3.05, 3.63) is 54.1 Å². The molecule has 2 aliphatic rings. The van der Waals surface area contributed by atoms with Crippen molar-refractivity contribution in [2.24, 2.45) is 4.99 Å². The highest BCUT2D eigenvalue weighted by atomic mass is 16.5. The molecule has 1 fully saturated rings. The third-order valence-electron chi connectivity index (χ3n) is 5.22. The van der Waals surface area contributed by atoms with Crippen molar-refractivity contribution in [1.82, 2.24) is 5.32 Å². The minimum Gasteiger partial charge on any atom is -0.381 e. The van der Waals surface area contributed by atoms with Crippen LogP contribution in [0.15, 0.2) is 53.5 Å². The molecule has 0 saturated carbocycles. The minimum atomic E-state index is -0.157. The van der Waals surface area contributed by atoms with Crippen molar-refractivity contribution in [2.45, 2.75) is 24.9 Å². The van der Waals surface area contributed by atoms with Crippen LogP contribution in [0.2, 0.25) is 0 Å². The number of hydrogen-bond donors (Lipinski definition) is 2. The van der Waals surface area contributed by atoms with E-state index in [2.05, 4.69) is 72.1 Å². The molecule has 2 N–H and O–H groups in total. The largest absolute Gasteiger partial charge is 0.381 e. The van der Waals surface area contributed by atoms with Crippen LogP contribution in [0.5, 0.6) is 0 Å². The maximum absolute atomic E-state index is 5.60. The Balaban J connectivity index is 1.56. The van der Waals surface area contributed by atoms with Gasteiger partial charge >= 0.3 is 0 Å². The second-order valence-electron chi connectivity index (χ2n) is 7.21. The number of nitrogens with one attached hydrogen (secondary N) is 2. The van der Waals surface area contributed by atoms with Gasteiger partial charge in [-0.25, -0.2) is 4.99 Å². The molecule has 0 bridgehead atoms. The average Bonchev–Trinajstić information content (AvgIpc) is 2.67. The van der Waals surface area contributed by atoms with Crippen LogP contribution < -0.4 is 15.5 Å². The Labute approximate surface area is 155 Å². The van der Waals surface area contributed by atoms with Crippen LogP contribution in [0.4, 0.5) is 17.1 Å². The van der Waals surface area contributed by atoms with Crippen molar-refractivity contribution in [2.75, 3.05) is 37.5 Å².